The van der Waals surface area contributed by atoms with Crippen LogP contribution in [0, 0.1) is 62.1 Å². The van der Waals surface area contributed by atoms with E-state index in [9.17, 15) is 9.90 Å². The molecule has 0 aromatic rings. The normalized spacial score (nSPS) is 48.4. The van der Waals surface area contributed by atoms with Crippen molar-refractivity contribution in [2.24, 2.45) is 73.7 Å². The monoisotopic (exact) mass is 630 g/mol. The minimum Gasteiger partial charge on any atom is -0.481 e. The Morgan fingerprint density at radius 3 is 2.31 bits per heavy atom. The van der Waals surface area contributed by atoms with Crippen LogP contribution in [0.2, 0.25) is 0 Å². The highest BCUT2D eigenvalue weighted by molar-refractivity contribution is 5.73. The lowest BCUT2D eigenvalue weighted by Crippen LogP contribution is -2.74. The lowest BCUT2D eigenvalue weighted by molar-refractivity contribution is -0.268. The van der Waals surface area contributed by atoms with Crippen molar-refractivity contribution in [2.75, 3.05) is 13.2 Å². The minimum atomic E-state index is -0.615. The average Bonchev–Trinajstić information content (AvgIpc) is 2.93. The maximum atomic E-state index is 13.4. The molecule has 0 aromatic carbocycles. The van der Waals surface area contributed by atoms with Gasteiger partial charge in [0.25, 0.3) is 0 Å². The number of hydrazine groups is 1. The largest absolute Gasteiger partial charge is 0.481 e. The first-order valence-corrected chi connectivity index (χ1v) is 18.0. The van der Waals surface area contributed by atoms with E-state index in [1.807, 2.05) is 0 Å². The zero-order chi connectivity index (χ0) is 33.8. The zero-order valence-corrected chi connectivity index (χ0v) is 30.7. The Hall–Kier alpha value is -0.990. The van der Waals surface area contributed by atoms with Crippen molar-refractivity contribution in [2.45, 2.75) is 145 Å². The van der Waals surface area contributed by atoms with E-state index >= 15 is 0 Å². The Kier molecular flexibility index (Phi) is 8.65. The number of carbonyl (C=O) groups is 1. The Morgan fingerprint density at radius 2 is 1.76 bits per heavy atom. The summed E-state index contributed by atoms with van der Waals surface area (Å²) in [7, 11) is 0. The summed E-state index contributed by atoms with van der Waals surface area (Å²) in [5, 5.41) is 11.0. The van der Waals surface area contributed by atoms with E-state index < -0.39 is 17.4 Å². The van der Waals surface area contributed by atoms with Crippen LogP contribution in [-0.2, 0) is 14.3 Å². The number of carboxylic acids is 1. The summed E-state index contributed by atoms with van der Waals surface area (Å²) in [5.74, 6) is 6.88. The number of fused-ring (bicyclic) bond motifs is 3. The van der Waals surface area contributed by atoms with Gasteiger partial charge in [0, 0.05) is 22.4 Å². The third-order valence-electron chi connectivity index (χ3n) is 16.1. The van der Waals surface area contributed by atoms with E-state index in [1.165, 1.54) is 5.57 Å². The fraction of sp³-hybridized carbons (Fsp3) is 0.921. The van der Waals surface area contributed by atoms with E-state index in [0.717, 1.165) is 38.5 Å². The van der Waals surface area contributed by atoms with Gasteiger partial charge in [-0.25, -0.2) is 0 Å². The van der Waals surface area contributed by atoms with Gasteiger partial charge in [-0.2, -0.15) is 0 Å². The molecule has 0 amide bonds. The van der Waals surface area contributed by atoms with Crippen LogP contribution in [0.3, 0.4) is 0 Å². The van der Waals surface area contributed by atoms with Crippen LogP contribution in [0.1, 0.15) is 122 Å². The van der Waals surface area contributed by atoms with Gasteiger partial charge in [0.05, 0.1) is 31.3 Å². The highest BCUT2D eigenvalue weighted by atomic mass is 16.5. The van der Waals surface area contributed by atoms with E-state index in [4.69, 9.17) is 21.1 Å². The van der Waals surface area contributed by atoms with Gasteiger partial charge >= 0.3 is 5.97 Å². The van der Waals surface area contributed by atoms with Gasteiger partial charge in [-0.15, -0.1) is 0 Å². The van der Waals surface area contributed by atoms with Crippen LogP contribution < -0.4 is 17.0 Å². The molecule has 45 heavy (non-hydrogen) atoms. The third-order valence-corrected chi connectivity index (χ3v) is 16.1. The fourth-order valence-corrected chi connectivity index (χ4v) is 11.9. The van der Waals surface area contributed by atoms with Crippen molar-refractivity contribution >= 4 is 5.97 Å². The molecule has 1 heterocycles. The number of rotatable bonds is 7. The summed E-state index contributed by atoms with van der Waals surface area (Å²) < 4.78 is 13.7. The van der Waals surface area contributed by atoms with E-state index in [2.05, 4.69) is 94.6 Å². The minimum absolute atomic E-state index is 0.0394. The van der Waals surface area contributed by atoms with Gasteiger partial charge < -0.3 is 20.3 Å². The third kappa shape index (κ3) is 4.70. The molecule has 1 aliphatic heterocycles. The number of nitrogens with two attached hydrogens (primary N) is 2. The predicted molar refractivity (Wildman–Crippen MR) is 181 cm³/mol. The number of aliphatic carboxylic acids is 1. The summed E-state index contributed by atoms with van der Waals surface area (Å²) in [5.41, 5.74) is 9.88. The van der Waals surface area contributed by atoms with Crippen LogP contribution in [0.15, 0.2) is 11.6 Å². The average molecular weight is 630 g/mol. The molecule has 1 unspecified atom stereocenters. The first-order valence-electron chi connectivity index (χ1n) is 18.0. The van der Waals surface area contributed by atoms with E-state index in [1.54, 1.807) is 0 Å². The molecular formula is C38H67N3O4. The van der Waals surface area contributed by atoms with Gasteiger partial charge in [-0.3, -0.25) is 16.1 Å². The molecular weight excluding hydrogens is 562 g/mol. The first kappa shape index (κ1) is 35.3. The molecule has 0 aromatic heterocycles. The van der Waals surface area contributed by atoms with Crippen molar-refractivity contribution in [3.05, 3.63) is 11.6 Å². The summed E-state index contributed by atoms with van der Waals surface area (Å²) >= 11 is 0. The molecule has 6 N–H and O–H groups in total. The van der Waals surface area contributed by atoms with E-state index in [0.29, 0.717) is 36.9 Å². The number of allylic oxidation sites excluding steroid dienone is 1. The van der Waals surface area contributed by atoms with Crippen molar-refractivity contribution in [1.82, 2.24) is 5.43 Å². The molecule has 2 bridgehead atoms. The molecule has 3 saturated carbocycles. The Labute approximate surface area is 274 Å². The van der Waals surface area contributed by atoms with Crippen molar-refractivity contribution in [3.63, 3.8) is 0 Å². The fourth-order valence-electron chi connectivity index (χ4n) is 11.9. The number of nitrogens with one attached hydrogen (secondary N) is 1. The van der Waals surface area contributed by atoms with Crippen LogP contribution in [0.25, 0.3) is 0 Å². The SMILES string of the molecule is CC(C)[C@@H](C)[C@@]1(C)CC[C@]2(C)[C@H]3CC[C@H]4[C@@]5(C)CO[C@@H](C)[C@@]4(CC(NN)[C@@H]5OC[C@](C)(N)C(C)(C)C)C3=CC[C@@]2(C)[C@@H]1C(=O)O. The summed E-state index contributed by atoms with van der Waals surface area (Å²) in [6.45, 7) is 28.2. The zero-order valence-electron chi connectivity index (χ0n) is 30.7. The molecule has 0 spiro atoms. The summed E-state index contributed by atoms with van der Waals surface area (Å²) in [6, 6.07) is -0.0394. The second-order valence-corrected chi connectivity index (χ2v) is 19.1. The van der Waals surface area contributed by atoms with E-state index in [-0.39, 0.29) is 50.7 Å². The molecule has 7 heteroatoms. The number of hydrogen-bond acceptors (Lipinski definition) is 6. The summed E-state index contributed by atoms with van der Waals surface area (Å²) in [6.07, 6.45) is 8.27. The molecule has 5 rings (SSSR count). The molecule has 7 nitrogen and oxygen atoms in total. The van der Waals surface area contributed by atoms with Crippen LogP contribution in [-0.4, -0.2) is 48.1 Å². The van der Waals surface area contributed by atoms with Gasteiger partial charge in [-0.05, 0) is 97.7 Å². The molecule has 4 fully saturated rings. The Balaban J connectivity index is 1.57. The Morgan fingerprint density at radius 1 is 1.11 bits per heavy atom. The quantitative estimate of drug-likeness (QED) is 0.137. The highest BCUT2D eigenvalue weighted by Crippen LogP contribution is 2.75. The first-order chi connectivity index (χ1) is 20.6. The molecule has 258 valence electrons. The maximum Gasteiger partial charge on any atom is 0.307 e. The van der Waals surface area contributed by atoms with Crippen molar-refractivity contribution in [3.8, 4) is 0 Å². The van der Waals surface area contributed by atoms with Gasteiger partial charge in [0.2, 0.25) is 0 Å². The summed E-state index contributed by atoms with van der Waals surface area (Å²) in [4.78, 5) is 13.4. The smallest absolute Gasteiger partial charge is 0.307 e. The lowest BCUT2D eigenvalue weighted by Gasteiger charge is -2.72. The van der Waals surface area contributed by atoms with Crippen LogP contribution in [0.4, 0.5) is 0 Å². The molecule has 13 atom stereocenters. The lowest BCUT2D eigenvalue weighted by atomic mass is 9.33. The standard InChI is InChI=1S/C38H67N3O4/c1-22(2)23(3)33(8)17-18-35(10)25-13-14-28-34(9)20-44-24(4)38(28,26(25)15-16-36(35,11)29(33)31(42)43)19-27(41-40)30(34)45-21-37(12,39)32(5,6)7/h15,22-25,27-30,41H,13-14,16-21,39-40H2,1-12H3,(H,42,43)/t23-,24+,25+,27?,28+,29-,30+,33-,34-,35-,36+,37+,38+/m1/s1. The second-order valence-electron chi connectivity index (χ2n) is 19.1. The predicted octanol–water partition coefficient (Wildman–Crippen LogP) is 6.94. The topological polar surface area (TPSA) is 120 Å². The number of ether oxygens (including phenoxy) is 2. The van der Waals surface area contributed by atoms with Gasteiger partial charge in [0.15, 0.2) is 0 Å². The highest BCUT2D eigenvalue weighted by Gasteiger charge is 2.73. The van der Waals surface area contributed by atoms with Gasteiger partial charge in [-0.1, -0.05) is 80.9 Å². The Bertz CT molecular complexity index is 1190. The van der Waals surface area contributed by atoms with Gasteiger partial charge in [0.1, 0.15) is 0 Å². The number of hydrogen-bond donors (Lipinski definition) is 4. The van der Waals surface area contributed by atoms with Crippen molar-refractivity contribution < 1.29 is 19.4 Å². The van der Waals surface area contributed by atoms with Crippen LogP contribution in [0.5, 0.6) is 0 Å². The molecule has 1 saturated heterocycles. The molecule has 4 aliphatic carbocycles. The molecule has 5 aliphatic rings. The van der Waals surface area contributed by atoms with Crippen LogP contribution >= 0.6 is 0 Å². The second kappa shape index (κ2) is 11.0. The molecule has 0 radical (unpaired) electrons. The maximum absolute atomic E-state index is 13.4. The number of carboxylic acid groups (broad SMARTS) is 1. The van der Waals surface area contributed by atoms with Crippen molar-refractivity contribution in [1.29, 1.82) is 0 Å².